The highest BCUT2D eigenvalue weighted by Gasteiger charge is 2.35. The van der Waals surface area contributed by atoms with E-state index in [9.17, 15) is 9.59 Å². The maximum Gasteiger partial charge on any atom is 0.322 e. The minimum Gasteiger partial charge on any atom is -0.497 e. The van der Waals surface area contributed by atoms with E-state index in [0.717, 1.165) is 11.4 Å². The largest absolute Gasteiger partial charge is 0.497 e. The molecule has 9 heteroatoms. The SMILES string of the molecule is COc1ccc(N2CC(c3nnc(NC(=O)c4cccc(OC)c4)o3)CC2=O)cc1. The van der Waals surface area contributed by atoms with Crippen LogP contribution in [-0.4, -0.2) is 42.8 Å². The van der Waals surface area contributed by atoms with Gasteiger partial charge >= 0.3 is 6.01 Å². The first-order chi connectivity index (χ1) is 14.6. The average Bonchev–Trinajstić information content (AvgIpc) is 3.40. The molecule has 2 amide bonds. The Labute approximate surface area is 172 Å². The fourth-order valence-electron chi connectivity index (χ4n) is 3.27. The van der Waals surface area contributed by atoms with Crippen molar-refractivity contribution in [1.29, 1.82) is 0 Å². The molecule has 9 nitrogen and oxygen atoms in total. The van der Waals surface area contributed by atoms with E-state index in [4.69, 9.17) is 13.9 Å². The number of aromatic nitrogens is 2. The Hall–Kier alpha value is -3.88. The van der Waals surface area contributed by atoms with Gasteiger partial charge in [-0.1, -0.05) is 11.2 Å². The molecule has 2 heterocycles. The minimum absolute atomic E-state index is 0.0202. The third-order valence-corrected chi connectivity index (χ3v) is 4.85. The summed E-state index contributed by atoms with van der Waals surface area (Å²) in [6, 6.07) is 13.9. The van der Waals surface area contributed by atoms with Gasteiger partial charge < -0.3 is 18.8 Å². The number of rotatable bonds is 6. The molecule has 0 saturated carbocycles. The number of hydrogen-bond donors (Lipinski definition) is 1. The van der Waals surface area contributed by atoms with Gasteiger partial charge in [0.25, 0.3) is 5.91 Å². The molecule has 0 aliphatic carbocycles. The van der Waals surface area contributed by atoms with Crippen LogP contribution in [0.5, 0.6) is 11.5 Å². The molecule has 1 unspecified atom stereocenters. The number of hydrogen-bond acceptors (Lipinski definition) is 7. The normalized spacial score (nSPS) is 15.9. The fourth-order valence-corrected chi connectivity index (χ4v) is 3.27. The van der Waals surface area contributed by atoms with E-state index in [1.807, 2.05) is 12.1 Å². The van der Waals surface area contributed by atoms with Crippen LogP contribution in [0.4, 0.5) is 11.7 Å². The molecule has 4 rings (SSSR count). The number of methoxy groups -OCH3 is 2. The second-order valence-electron chi connectivity index (χ2n) is 6.73. The summed E-state index contributed by atoms with van der Waals surface area (Å²) in [5.41, 5.74) is 1.17. The Morgan fingerprint density at radius 2 is 1.87 bits per heavy atom. The third kappa shape index (κ3) is 3.95. The molecule has 1 fully saturated rings. The van der Waals surface area contributed by atoms with Gasteiger partial charge in [0.15, 0.2) is 0 Å². The average molecular weight is 408 g/mol. The van der Waals surface area contributed by atoms with Crippen LogP contribution in [0.15, 0.2) is 52.9 Å². The first-order valence-electron chi connectivity index (χ1n) is 9.30. The van der Waals surface area contributed by atoms with Crippen molar-refractivity contribution in [1.82, 2.24) is 10.2 Å². The van der Waals surface area contributed by atoms with E-state index < -0.39 is 5.91 Å². The number of ether oxygens (including phenoxy) is 2. The molecule has 0 radical (unpaired) electrons. The maximum absolute atomic E-state index is 12.5. The summed E-state index contributed by atoms with van der Waals surface area (Å²) in [4.78, 5) is 26.5. The predicted octanol–water partition coefficient (Wildman–Crippen LogP) is 2.86. The Kier molecular flexibility index (Phi) is 5.34. The van der Waals surface area contributed by atoms with E-state index in [1.54, 1.807) is 48.4 Å². The van der Waals surface area contributed by atoms with Crippen LogP contribution < -0.4 is 19.7 Å². The summed E-state index contributed by atoms with van der Waals surface area (Å²) in [5.74, 6) is 0.902. The summed E-state index contributed by atoms with van der Waals surface area (Å²) in [6.07, 6.45) is 0.248. The molecule has 1 saturated heterocycles. The number of nitrogens with zero attached hydrogens (tertiary/aromatic N) is 3. The third-order valence-electron chi connectivity index (χ3n) is 4.85. The van der Waals surface area contributed by atoms with Gasteiger partial charge in [-0.3, -0.25) is 14.9 Å². The number of carbonyl (C=O) groups is 2. The highest BCUT2D eigenvalue weighted by atomic mass is 16.5. The number of carbonyl (C=O) groups excluding carboxylic acids is 2. The van der Waals surface area contributed by atoms with Gasteiger partial charge in [-0.25, -0.2) is 0 Å². The number of amides is 2. The van der Waals surface area contributed by atoms with Gasteiger partial charge in [-0.05, 0) is 42.5 Å². The van der Waals surface area contributed by atoms with Crippen LogP contribution in [0.25, 0.3) is 0 Å². The lowest BCUT2D eigenvalue weighted by Crippen LogP contribution is -2.24. The summed E-state index contributed by atoms with van der Waals surface area (Å²) in [5, 5.41) is 10.5. The van der Waals surface area contributed by atoms with E-state index in [1.165, 1.54) is 7.11 Å². The molecular formula is C21H20N4O5. The van der Waals surface area contributed by atoms with Gasteiger partial charge in [-0.2, -0.15) is 0 Å². The van der Waals surface area contributed by atoms with Crippen LogP contribution in [0.2, 0.25) is 0 Å². The summed E-state index contributed by atoms with van der Waals surface area (Å²) in [7, 11) is 3.12. The lowest BCUT2D eigenvalue weighted by Gasteiger charge is -2.16. The lowest BCUT2D eigenvalue weighted by molar-refractivity contribution is -0.117. The predicted molar refractivity (Wildman–Crippen MR) is 108 cm³/mol. The van der Waals surface area contributed by atoms with Gasteiger partial charge in [0.1, 0.15) is 11.5 Å². The molecule has 0 spiro atoms. The van der Waals surface area contributed by atoms with Gasteiger partial charge in [0.2, 0.25) is 11.8 Å². The van der Waals surface area contributed by atoms with Crippen molar-refractivity contribution in [2.75, 3.05) is 31.0 Å². The quantitative estimate of drug-likeness (QED) is 0.668. The zero-order valence-electron chi connectivity index (χ0n) is 16.5. The fraction of sp³-hybridized carbons (Fsp3) is 0.238. The zero-order chi connectivity index (χ0) is 21.1. The first-order valence-corrected chi connectivity index (χ1v) is 9.30. The van der Waals surface area contributed by atoms with Crippen molar-refractivity contribution in [2.45, 2.75) is 12.3 Å². The molecule has 30 heavy (non-hydrogen) atoms. The summed E-state index contributed by atoms with van der Waals surface area (Å²) < 4.78 is 15.9. The monoisotopic (exact) mass is 408 g/mol. The molecule has 1 aliphatic heterocycles. The molecule has 1 atom stereocenters. The van der Waals surface area contributed by atoms with E-state index >= 15 is 0 Å². The van der Waals surface area contributed by atoms with E-state index in [2.05, 4.69) is 15.5 Å². The van der Waals surface area contributed by atoms with Crippen molar-refractivity contribution in [3.05, 3.63) is 60.0 Å². The molecule has 1 N–H and O–H groups in total. The molecule has 1 aromatic heterocycles. The molecule has 0 bridgehead atoms. The molecule has 1 aliphatic rings. The van der Waals surface area contributed by atoms with Crippen LogP contribution in [0.1, 0.15) is 28.6 Å². The standard InChI is InChI=1S/C21H20N4O5/c1-28-16-8-6-15(7-9-16)25-12-14(11-18(25)26)20-23-24-21(30-20)22-19(27)13-4-3-5-17(10-13)29-2/h3-10,14H,11-12H2,1-2H3,(H,22,24,27). The minimum atomic E-state index is -0.397. The number of benzene rings is 2. The van der Waals surface area contributed by atoms with Crippen molar-refractivity contribution >= 4 is 23.5 Å². The van der Waals surface area contributed by atoms with Crippen LogP contribution in [0, 0.1) is 0 Å². The van der Waals surface area contributed by atoms with E-state index in [0.29, 0.717) is 23.7 Å². The van der Waals surface area contributed by atoms with Gasteiger partial charge in [-0.15, -0.1) is 5.10 Å². The smallest absolute Gasteiger partial charge is 0.322 e. The first kappa shape index (κ1) is 19.4. The van der Waals surface area contributed by atoms with Gasteiger partial charge in [0, 0.05) is 24.2 Å². The summed E-state index contributed by atoms with van der Waals surface area (Å²) >= 11 is 0. The molecular weight excluding hydrogens is 388 g/mol. The molecule has 3 aromatic rings. The Morgan fingerprint density at radius 3 is 2.60 bits per heavy atom. The number of nitrogens with one attached hydrogen (secondary N) is 1. The lowest BCUT2D eigenvalue weighted by atomic mass is 10.1. The second-order valence-corrected chi connectivity index (χ2v) is 6.73. The highest BCUT2D eigenvalue weighted by Crippen LogP contribution is 2.32. The van der Waals surface area contributed by atoms with Crippen LogP contribution in [-0.2, 0) is 4.79 Å². The number of anilines is 2. The maximum atomic E-state index is 12.5. The Balaban J connectivity index is 1.43. The second kappa shape index (κ2) is 8.24. The van der Waals surface area contributed by atoms with Crippen molar-refractivity contribution in [3.63, 3.8) is 0 Å². The summed E-state index contributed by atoms with van der Waals surface area (Å²) in [6.45, 7) is 0.413. The Morgan fingerprint density at radius 1 is 1.10 bits per heavy atom. The van der Waals surface area contributed by atoms with Gasteiger partial charge in [0.05, 0.1) is 20.1 Å². The Bertz CT molecular complexity index is 1060. The van der Waals surface area contributed by atoms with E-state index in [-0.39, 0.29) is 24.3 Å². The van der Waals surface area contributed by atoms with Crippen LogP contribution in [0.3, 0.4) is 0 Å². The van der Waals surface area contributed by atoms with Crippen LogP contribution >= 0.6 is 0 Å². The van der Waals surface area contributed by atoms with Crippen molar-refractivity contribution in [3.8, 4) is 11.5 Å². The topological polar surface area (TPSA) is 107 Å². The van der Waals surface area contributed by atoms with Crippen molar-refractivity contribution in [2.24, 2.45) is 0 Å². The highest BCUT2D eigenvalue weighted by molar-refractivity contribution is 6.03. The molecule has 2 aromatic carbocycles. The zero-order valence-corrected chi connectivity index (χ0v) is 16.5. The molecule has 154 valence electrons. The van der Waals surface area contributed by atoms with Crippen molar-refractivity contribution < 1.29 is 23.5 Å².